The number of hydrogen-bond acceptors (Lipinski definition) is 2. The van der Waals surface area contributed by atoms with Gasteiger partial charge in [0.1, 0.15) is 0 Å². The molecule has 0 fully saturated rings. The highest BCUT2D eigenvalue weighted by Gasteiger charge is 2.18. The van der Waals surface area contributed by atoms with Gasteiger partial charge in [-0.05, 0) is 59.7 Å². The van der Waals surface area contributed by atoms with Crippen LogP contribution in [0.3, 0.4) is 0 Å². The third-order valence-electron chi connectivity index (χ3n) is 9.43. The lowest BCUT2D eigenvalue weighted by Gasteiger charge is -2.16. The van der Waals surface area contributed by atoms with Crippen molar-refractivity contribution in [3.8, 4) is 45.8 Å². The molecule has 0 bridgehead atoms. The Bertz CT molecular complexity index is 2710. The van der Waals surface area contributed by atoms with Crippen LogP contribution in [0.5, 0.6) is 0 Å². The van der Waals surface area contributed by atoms with Gasteiger partial charge in [-0.1, -0.05) is 109 Å². The molecule has 4 nitrogen and oxygen atoms in total. The van der Waals surface area contributed by atoms with Crippen LogP contribution in [0.2, 0.25) is 0 Å². The van der Waals surface area contributed by atoms with E-state index in [4.69, 9.17) is 0 Å². The van der Waals surface area contributed by atoms with Crippen LogP contribution in [-0.4, -0.2) is 9.13 Å². The summed E-state index contributed by atoms with van der Waals surface area (Å²) < 4.78 is 4.50. The molecule has 222 valence electrons. The highest BCUT2D eigenvalue weighted by molar-refractivity contribution is 6.10. The van der Waals surface area contributed by atoms with Crippen molar-refractivity contribution in [3.05, 3.63) is 169 Å². The molecule has 48 heavy (non-hydrogen) atoms. The highest BCUT2D eigenvalue weighted by Crippen LogP contribution is 2.39. The van der Waals surface area contributed by atoms with Gasteiger partial charge in [-0.3, -0.25) is 0 Å². The fourth-order valence-corrected chi connectivity index (χ4v) is 7.33. The second kappa shape index (κ2) is 10.9. The first-order chi connectivity index (χ1) is 23.7. The van der Waals surface area contributed by atoms with Crippen LogP contribution >= 0.6 is 0 Å². The van der Waals surface area contributed by atoms with Crippen molar-refractivity contribution in [3.63, 3.8) is 0 Å². The van der Waals surface area contributed by atoms with Crippen molar-refractivity contribution in [1.82, 2.24) is 9.13 Å². The Kier molecular flexibility index (Phi) is 6.22. The molecule has 2 aromatic heterocycles. The molecule has 2 heterocycles. The predicted octanol–water partition coefficient (Wildman–Crippen LogP) is 11.0. The maximum atomic E-state index is 10.5. The van der Waals surface area contributed by atoms with Gasteiger partial charge in [-0.2, -0.15) is 10.5 Å². The van der Waals surface area contributed by atoms with Crippen LogP contribution in [0.15, 0.2) is 158 Å². The molecule has 7 aromatic carbocycles. The molecule has 0 aliphatic carbocycles. The zero-order chi connectivity index (χ0) is 32.2. The van der Waals surface area contributed by atoms with Crippen molar-refractivity contribution in [2.24, 2.45) is 0 Å². The summed E-state index contributed by atoms with van der Waals surface area (Å²) in [4.78, 5) is 0. The van der Waals surface area contributed by atoms with Crippen LogP contribution < -0.4 is 0 Å². The molecule has 0 aliphatic heterocycles. The van der Waals surface area contributed by atoms with E-state index in [1.807, 2.05) is 54.6 Å². The molecule has 0 aliphatic rings. The summed E-state index contributed by atoms with van der Waals surface area (Å²) in [6, 6.07) is 58.7. The van der Waals surface area contributed by atoms with Crippen molar-refractivity contribution >= 4 is 43.6 Å². The average Bonchev–Trinajstić information content (AvgIpc) is 3.67. The molecule has 0 saturated carbocycles. The van der Waals surface area contributed by atoms with E-state index in [9.17, 15) is 10.5 Å². The van der Waals surface area contributed by atoms with Crippen LogP contribution in [0.4, 0.5) is 0 Å². The Morgan fingerprint density at radius 3 is 1.40 bits per heavy atom. The maximum absolute atomic E-state index is 10.5. The first-order valence-corrected chi connectivity index (χ1v) is 15.9. The second-order valence-electron chi connectivity index (χ2n) is 12.0. The molecule has 0 atom stereocenters. The molecule has 0 amide bonds. The van der Waals surface area contributed by atoms with E-state index in [0.717, 1.165) is 55.7 Å². The molecule has 9 aromatic rings. The quantitative estimate of drug-likeness (QED) is 0.199. The molecule has 0 saturated heterocycles. The van der Waals surface area contributed by atoms with Crippen molar-refractivity contribution in [2.75, 3.05) is 0 Å². The molecule has 0 spiro atoms. The standard InChI is InChI=1S/C44H26N4/c45-27-30-25-29(33-24-22-32(26-31(33)28-46)47-40-16-6-2-12-36(40)37-13-3-7-17-41(37)47)21-23-34(30)35-11-1-8-18-42(35)48-43-19-9-4-14-38(43)39-15-5-10-20-44(39)48/h1-26H. The van der Waals surface area contributed by atoms with Gasteiger partial charge in [-0.25, -0.2) is 0 Å². The number of nitriles is 2. The minimum Gasteiger partial charge on any atom is -0.309 e. The lowest BCUT2D eigenvalue weighted by atomic mass is 9.92. The summed E-state index contributed by atoms with van der Waals surface area (Å²) in [6.07, 6.45) is 0. The van der Waals surface area contributed by atoms with Gasteiger partial charge in [0.15, 0.2) is 0 Å². The molecule has 4 heteroatoms. The van der Waals surface area contributed by atoms with Gasteiger partial charge in [0.05, 0.1) is 51.0 Å². The first kappa shape index (κ1) is 27.4. The molecule has 0 unspecified atom stereocenters. The monoisotopic (exact) mass is 610 g/mol. The van der Waals surface area contributed by atoms with E-state index in [1.54, 1.807) is 0 Å². The highest BCUT2D eigenvalue weighted by atomic mass is 15.0. The number of para-hydroxylation sites is 5. The summed E-state index contributed by atoms with van der Waals surface area (Å²) in [5.41, 5.74) is 10.9. The molecular weight excluding hydrogens is 585 g/mol. The third-order valence-corrected chi connectivity index (χ3v) is 9.43. The van der Waals surface area contributed by atoms with Crippen molar-refractivity contribution in [1.29, 1.82) is 10.5 Å². The Balaban J connectivity index is 1.18. The van der Waals surface area contributed by atoms with Gasteiger partial charge in [-0.15, -0.1) is 0 Å². The third kappa shape index (κ3) is 4.07. The average molecular weight is 611 g/mol. The Morgan fingerprint density at radius 1 is 0.375 bits per heavy atom. The minimum absolute atomic E-state index is 0.552. The van der Waals surface area contributed by atoms with E-state index in [0.29, 0.717) is 11.1 Å². The van der Waals surface area contributed by atoms with Crippen LogP contribution in [0, 0.1) is 22.7 Å². The van der Waals surface area contributed by atoms with Gasteiger partial charge >= 0.3 is 0 Å². The number of nitrogens with zero attached hydrogens (tertiary/aromatic N) is 4. The largest absolute Gasteiger partial charge is 0.309 e. The van der Waals surface area contributed by atoms with Gasteiger partial charge in [0.2, 0.25) is 0 Å². The Labute approximate surface area is 277 Å². The van der Waals surface area contributed by atoms with E-state index in [-0.39, 0.29) is 0 Å². The van der Waals surface area contributed by atoms with Crippen molar-refractivity contribution < 1.29 is 0 Å². The lowest BCUT2D eigenvalue weighted by Crippen LogP contribution is -1.99. The normalized spacial score (nSPS) is 11.3. The topological polar surface area (TPSA) is 57.4 Å². The molecular formula is C44H26N4. The zero-order valence-corrected chi connectivity index (χ0v) is 25.8. The molecule has 0 radical (unpaired) electrons. The van der Waals surface area contributed by atoms with Crippen LogP contribution in [0.25, 0.3) is 77.2 Å². The fourth-order valence-electron chi connectivity index (χ4n) is 7.33. The molecule has 0 N–H and O–H groups in total. The van der Waals surface area contributed by atoms with E-state index >= 15 is 0 Å². The van der Waals surface area contributed by atoms with Crippen LogP contribution in [0.1, 0.15) is 11.1 Å². The number of fused-ring (bicyclic) bond motifs is 6. The van der Waals surface area contributed by atoms with E-state index in [1.165, 1.54) is 21.5 Å². The zero-order valence-electron chi connectivity index (χ0n) is 25.8. The Morgan fingerprint density at radius 2 is 0.833 bits per heavy atom. The smallest absolute Gasteiger partial charge is 0.0998 e. The second-order valence-corrected chi connectivity index (χ2v) is 12.0. The SMILES string of the molecule is N#Cc1cc(-n2c3ccccc3c3ccccc32)ccc1-c1ccc(-c2ccccc2-n2c3ccccc3c3ccccc32)c(C#N)c1. The number of rotatable bonds is 4. The summed E-state index contributed by atoms with van der Waals surface area (Å²) in [5, 5.41) is 25.6. The summed E-state index contributed by atoms with van der Waals surface area (Å²) >= 11 is 0. The van der Waals surface area contributed by atoms with Gasteiger partial charge in [0, 0.05) is 38.4 Å². The fraction of sp³-hybridized carbons (Fsp3) is 0. The van der Waals surface area contributed by atoms with E-state index < -0.39 is 0 Å². The maximum Gasteiger partial charge on any atom is 0.0998 e. The number of aromatic nitrogens is 2. The summed E-state index contributed by atoms with van der Waals surface area (Å²) in [6.45, 7) is 0. The van der Waals surface area contributed by atoms with Gasteiger partial charge in [0.25, 0.3) is 0 Å². The van der Waals surface area contributed by atoms with E-state index in [2.05, 4.69) is 124 Å². The number of hydrogen-bond donors (Lipinski definition) is 0. The van der Waals surface area contributed by atoms with Crippen molar-refractivity contribution in [2.45, 2.75) is 0 Å². The summed E-state index contributed by atoms with van der Waals surface area (Å²) in [7, 11) is 0. The Hall–Kier alpha value is -6.88. The first-order valence-electron chi connectivity index (χ1n) is 15.9. The summed E-state index contributed by atoms with van der Waals surface area (Å²) in [5.74, 6) is 0. The van der Waals surface area contributed by atoms with Crippen LogP contribution in [-0.2, 0) is 0 Å². The molecule has 9 rings (SSSR count). The lowest BCUT2D eigenvalue weighted by molar-refractivity contribution is 1.18. The minimum atomic E-state index is 0.552. The van der Waals surface area contributed by atoms with Gasteiger partial charge < -0.3 is 9.13 Å². The predicted molar refractivity (Wildman–Crippen MR) is 195 cm³/mol. The number of benzene rings is 7.